The third-order valence-electron chi connectivity index (χ3n) is 6.50. The largest absolute Gasteiger partial charge is 0.497 e. The maximum Gasteiger partial charge on any atom is 0.277 e. The monoisotopic (exact) mass is 520 g/mol. The Morgan fingerprint density at radius 3 is 2.47 bits per heavy atom. The molecule has 4 aromatic carbocycles. The summed E-state index contributed by atoms with van der Waals surface area (Å²) in [5.74, 6) is 1.18. The number of ether oxygens (including phenoxy) is 1. The van der Waals surface area contributed by atoms with Crippen LogP contribution in [0, 0.1) is 0 Å². The van der Waals surface area contributed by atoms with Crippen molar-refractivity contribution in [1.82, 2.24) is 15.2 Å². The molecule has 6 rings (SSSR count). The van der Waals surface area contributed by atoms with Gasteiger partial charge >= 0.3 is 0 Å². The maximum absolute atomic E-state index is 13.5. The van der Waals surface area contributed by atoms with Gasteiger partial charge < -0.3 is 9.15 Å². The van der Waals surface area contributed by atoms with Crippen LogP contribution in [0.15, 0.2) is 112 Å². The highest BCUT2D eigenvalue weighted by Gasteiger charge is 2.33. The molecule has 0 aliphatic carbocycles. The van der Waals surface area contributed by atoms with Crippen molar-refractivity contribution in [1.29, 1.82) is 0 Å². The molecule has 0 N–H and O–H groups in total. The van der Waals surface area contributed by atoms with Gasteiger partial charge in [-0.1, -0.05) is 78.5 Å². The smallest absolute Gasteiger partial charge is 0.277 e. The van der Waals surface area contributed by atoms with E-state index in [0.717, 1.165) is 33.5 Å². The number of methoxy groups -OCH3 is 1. The van der Waals surface area contributed by atoms with Crippen LogP contribution in [0.1, 0.15) is 23.6 Å². The topological polar surface area (TPSA) is 80.8 Å². The second-order valence-corrected chi connectivity index (χ2v) is 9.79. The number of hydrogen-bond donors (Lipinski definition) is 0. The Kier molecular flexibility index (Phi) is 6.62. The van der Waals surface area contributed by atoms with Crippen LogP contribution >= 0.6 is 11.8 Å². The van der Waals surface area contributed by atoms with E-state index >= 15 is 0 Å². The van der Waals surface area contributed by atoms with Crippen molar-refractivity contribution in [2.45, 2.75) is 17.7 Å². The highest BCUT2D eigenvalue weighted by atomic mass is 32.2. The van der Waals surface area contributed by atoms with Crippen molar-refractivity contribution >= 4 is 34.2 Å². The van der Waals surface area contributed by atoms with Crippen LogP contribution in [0.25, 0.3) is 22.2 Å². The third-order valence-corrected chi connectivity index (χ3v) is 7.30. The fourth-order valence-corrected chi connectivity index (χ4v) is 5.14. The van der Waals surface area contributed by atoms with Crippen molar-refractivity contribution in [2.75, 3.05) is 12.9 Å². The summed E-state index contributed by atoms with van der Waals surface area (Å²) in [5, 5.41) is 17.3. The number of carbonyl (C=O) groups excluding carboxylic acids is 1. The quantitative estimate of drug-likeness (QED) is 0.232. The zero-order valence-electron chi connectivity index (χ0n) is 20.7. The molecule has 0 radical (unpaired) electrons. The number of benzene rings is 4. The third kappa shape index (κ3) is 4.90. The van der Waals surface area contributed by atoms with Crippen molar-refractivity contribution in [3.05, 3.63) is 108 Å². The fourth-order valence-electron chi connectivity index (χ4n) is 4.52. The highest BCUT2D eigenvalue weighted by molar-refractivity contribution is 7.99. The molecule has 0 fully saturated rings. The molecule has 38 heavy (non-hydrogen) atoms. The molecule has 0 saturated carbocycles. The first kappa shape index (κ1) is 23.9. The van der Waals surface area contributed by atoms with Crippen LogP contribution in [-0.4, -0.2) is 39.7 Å². The standard InChI is InChI=1S/C30H24N4O3S/c1-36-25-15-13-21(14-16-25)27-18-26(24-12-11-20-7-5-6-10-23(20)17-24)33-34(27)28(35)19-38-30-32-31-29(37-30)22-8-3-2-4-9-22/h2-17,27H,18-19H2,1H3/t27-/m0/s1. The van der Waals surface area contributed by atoms with Crippen molar-refractivity contribution < 1.29 is 13.9 Å². The number of nitrogens with zero attached hydrogens (tertiary/aromatic N) is 4. The van der Waals surface area contributed by atoms with E-state index in [-0.39, 0.29) is 17.7 Å². The van der Waals surface area contributed by atoms with Gasteiger partial charge in [-0.15, -0.1) is 10.2 Å². The van der Waals surface area contributed by atoms with Gasteiger partial charge in [0.25, 0.3) is 11.1 Å². The number of fused-ring (bicyclic) bond motifs is 1. The molecular weight excluding hydrogens is 496 g/mol. The number of rotatable bonds is 7. The van der Waals surface area contributed by atoms with E-state index in [1.807, 2.05) is 66.7 Å². The molecule has 0 bridgehead atoms. The van der Waals surface area contributed by atoms with E-state index in [1.54, 1.807) is 12.1 Å². The summed E-state index contributed by atoms with van der Waals surface area (Å²) in [6.45, 7) is 0. The Morgan fingerprint density at radius 2 is 1.68 bits per heavy atom. The van der Waals surface area contributed by atoms with Gasteiger partial charge in [0.15, 0.2) is 0 Å². The van der Waals surface area contributed by atoms with E-state index in [2.05, 4.69) is 40.5 Å². The lowest BCUT2D eigenvalue weighted by atomic mass is 9.97. The van der Waals surface area contributed by atoms with E-state index in [1.165, 1.54) is 17.1 Å². The Balaban J connectivity index is 1.25. The first-order chi connectivity index (χ1) is 18.7. The van der Waals surface area contributed by atoms with Crippen molar-refractivity contribution in [3.63, 3.8) is 0 Å². The van der Waals surface area contributed by atoms with E-state index in [9.17, 15) is 4.79 Å². The number of hydrazone groups is 1. The summed E-state index contributed by atoms with van der Waals surface area (Å²) in [6, 6.07) is 31.6. The second kappa shape index (κ2) is 10.5. The summed E-state index contributed by atoms with van der Waals surface area (Å²) in [7, 11) is 1.64. The van der Waals surface area contributed by atoms with E-state index in [4.69, 9.17) is 14.3 Å². The molecular formula is C30H24N4O3S. The molecule has 2 heterocycles. The molecule has 8 heteroatoms. The van der Waals surface area contributed by atoms with Gasteiger partial charge in [0, 0.05) is 12.0 Å². The van der Waals surface area contributed by atoms with Gasteiger partial charge in [-0.2, -0.15) is 5.10 Å². The molecule has 1 amide bonds. The average Bonchev–Trinajstić information content (AvgIpc) is 3.64. The molecule has 7 nitrogen and oxygen atoms in total. The van der Waals surface area contributed by atoms with Crippen LogP contribution in [0.2, 0.25) is 0 Å². The first-order valence-corrected chi connectivity index (χ1v) is 13.2. The zero-order chi connectivity index (χ0) is 25.9. The Bertz CT molecular complexity index is 1620. The Hall–Kier alpha value is -4.43. The molecule has 1 atom stereocenters. The van der Waals surface area contributed by atoms with Crippen LogP contribution in [0.3, 0.4) is 0 Å². The number of hydrogen-bond acceptors (Lipinski definition) is 7. The molecule has 1 aliphatic heterocycles. The predicted molar refractivity (Wildman–Crippen MR) is 148 cm³/mol. The fraction of sp³-hybridized carbons (Fsp3) is 0.133. The maximum atomic E-state index is 13.5. The lowest BCUT2D eigenvalue weighted by molar-refractivity contribution is -0.130. The van der Waals surface area contributed by atoms with Gasteiger partial charge in [0.2, 0.25) is 5.89 Å². The Morgan fingerprint density at radius 1 is 0.921 bits per heavy atom. The van der Waals surface area contributed by atoms with E-state index < -0.39 is 0 Å². The lowest BCUT2D eigenvalue weighted by Gasteiger charge is -2.22. The predicted octanol–water partition coefficient (Wildman–Crippen LogP) is 6.37. The van der Waals surface area contributed by atoms with Gasteiger partial charge in [-0.05, 0) is 52.2 Å². The molecule has 1 aliphatic rings. The highest BCUT2D eigenvalue weighted by Crippen LogP contribution is 2.35. The van der Waals surface area contributed by atoms with Gasteiger partial charge in [0.05, 0.1) is 24.6 Å². The minimum absolute atomic E-state index is 0.123. The van der Waals surface area contributed by atoms with E-state index in [0.29, 0.717) is 17.5 Å². The number of thioether (sulfide) groups is 1. The van der Waals surface area contributed by atoms with Crippen LogP contribution in [-0.2, 0) is 4.79 Å². The zero-order valence-corrected chi connectivity index (χ0v) is 21.5. The molecule has 5 aromatic rings. The van der Waals surface area contributed by atoms with Gasteiger partial charge in [0.1, 0.15) is 5.75 Å². The van der Waals surface area contributed by atoms with Crippen LogP contribution in [0.4, 0.5) is 0 Å². The van der Waals surface area contributed by atoms with Gasteiger partial charge in [-0.3, -0.25) is 4.79 Å². The van der Waals surface area contributed by atoms with Crippen LogP contribution in [0.5, 0.6) is 5.75 Å². The van der Waals surface area contributed by atoms with Gasteiger partial charge in [-0.25, -0.2) is 5.01 Å². The van der Waals surface area contributed by atoms with Crippen molar-refractivity contribution in [3.8, 4) is 17.2 Å². The Labute approximate surface area is 224 Å². The van der Waals surface area contributed by atoms with Crippen LogP contribution < -0.4 is 4.74 Å². The summed E-state index contributed by atoms with van der Waals surface area (Å²) in [5.41, 5.74) is 3.71. The lowest BCUT2D eigenvalue weighted by Crippen LogP contribution is -2.28. The summed E-state index contributed by atoms with van der Waals surface area (Å²) in [4.78, 5) is 13.5. The number of amides is 1. The second-order valence-electron chi connectivity index (χ2n) is 8.87. The SMILES string of the molecule is COc1ccc([C@@H]2CC(c3ccc4ccccc4c3)=NN2C(=O)CSc2nnc(-c3ccccc3)o2)cc1. The number of carbonyl (C=O) groups is 1. The normalized spacial score (nSPS) is 15.0. The molecule has 0 saturated heterocycles. The van der Waals surface area contributed by atoms with Crippen molar-refractivity contribution in [2.24, 2.45) is 5.10 Å². The summed E-state index contributed by atoms with van der Waals surface area (Å²) in [6.07, 6.45) is 0.611. The summed E-state index contributed by atoms with van der Waals surface area (Å²) >= 11 is 1.21. The number of aromatic nitrogens is 2. The molecule has 0 spiro atoms. The minimum Gasteiger partial charge on any atom is -0.497 e. The summed E-state index contributed by atoms with van der Waals surface area (Å²) < 4.78 is 11.1. The average molecular weight is 521 g/mol. The molecule has 0 unspecified atom stereocenters. The molecule has 188 valence electrons. The molecule has 1 aromatic heterocycles. The minimum atomic E-state index is -0.224. The first-order valence-electron chi connectivity index (χ1n) is 12.2.